The van der Waals surface area contributed by atoms with Gasteiger partial charge in [0.25, 0.3) is 5.91 Å². The number of carbonyl (C=O) groups is 1. The van der Waals surface area contributed by atoms with Crippen LogP contribution in [0.25, 0.3) is 0 Å². The van der Waals surface area contributed by atoms with Gasteiger partial charge in [-0.25, -0.2) is 0 Å². The van der Waals surface area contributed by atoms with Crippen LogP contribution < -0.4 is 24.3 Å². The fraction of sp³-hybridized carbons (Fsp3) is 0.364. The number of nitrogens with one attached hydrogen (secondary N) is 1. The van der Waals surface area contributed by atoms with Gasteiger partial charge in [0.1, 0.15) is 5.71 Å². The maximum absolute atomic E-state index is 12.8. The van der Waals surface area contributed by atoms with Crippen LogP contribution in [0, 0.1) is 0 Å². The van der Waals surface area contributed by atoms with Crippen molar-refractivity contribution in [1.82, 2.24) is 5.32 Å². The Kier molecular flexibility index (Phi) is 6.59. The Morgan fingerprint density at radius 2 is 1.59 bits per heavy atom. The molecular formula is C22H26N2O5. The normalized spacial score (nSPS) is 12.5. The molecule has 2 aromatic carbocycles. The maximum Gasteiger partial charge on any atom is 0.270 e. The number of aliphatic imine (C=N–C) groups is 1. The van der Waals surface area contributed by atoms with Gasteiger partial charge in [-0.1, -0.05) is 6.07 Å². The van der Waals surface area contributed by atoms with Crippen molar-refractivity contribution in [2.75, 3.05) is 41.5 Å². The minimum absolute atomic E-state index is 0.196. The highest BCUT2D eigenvalue weighted by atomic mass is 16.5. The standard InChI is InChI=1S/C22H26N2O5/c1-26-17-6-5-14(11-18(17)27-2)7-9-24-22(25)21-16-13-20(29-4)19(28-3)12-15(16)8-10-23-21/h5-6,11-13H,7-10H2,1-4H3,(H,24,25). The van der Waals surface area contributed by atoms with Crippen LogP contribution in [0.15, 0.2) is 35.3 Å². The Morgan fingerprint density at radius 1 is 0.931 bits per heavy atom. The molecule has 0 radical (unpaired) electrons. The van der Waals surface area contributed by atoms with E-state index in [4.69, 9.17) is 18.9 Å². The zero-order chi connectivity index (χ0) is 20.8. The second-order valence-electron chi connectivity index (χ2n) is 6.54. The molecule has 0 atom stereocenters. The third-order valence-corrected chi connectivity index (χ3v) is 4.88. The van der Waals surface area contributed by atoms with E-state index in [9.17, 15) is 4.79 Å². The second-order valence-corrected chi connectivity index (χ2v) is 6.54. The fourth-order valence-electron chi connectivity index (χ4n) is 3.36. The summed E-state index contributed by atoms with van der Waals surface area (Å²) < 4.78 is 21.3. The Bertz CT molecular complexity index is 924. The topological polar surface area (TPSA) is 78.4 Å². The number of ether oxygens (including phenoxy) is 4. The molecule has 2 aromatic rings. The van der Waals surface area contributed by atoms with Crippen molar-refractivity contribution in [3.05, 3.63) is 47.0 Å². The van der Waals surface area contributed by atoms with Crippen LogP contribution in [-0.2, 0) is 17.6 Å². The lowest BCUT2D eigenvalue weighted by Gasteiger charge is -2.19. The molecule has 0 spiro atoms. The number of benzene rings is 2. The molecule has 3 rings (SSSR count). The molecule has 1 aliphatic rings. The zero-order valence-corrected chi connectivity index (χ0v) is 17.2. The summed E-state index contributed by atoms with van der Waals surface area (Å²) in [6, 6.07) is 9.46. The van der Waals surface area contributed by atoms with Gasteiger partial charge in [0.15, 0.2) is 23.0 Å². The van der Waals surface area contributed by atoms with Crippen LogP contribution in [0.4, 0.5) is 0 Å². The highest BCUT2D eigenvalue weighted by Gasteiger charge is 2.23. The maximum atomic E-state index is 12.8. The van der Waals surface area contributed by atoms with Gasteiger partial charge in [-0.05, 0) is 48.2 Å². The molecule has 154 valence electrons. The highest BCUT2D eigenvalue weighted by molar-refractivity contribution is 6.46. The highest BCUT2D eigenvalue weighted by Crippen LogP contribution is 2.32. The second kappa shape index (κ2) is 9.32. The summed E-state index contributed by atoms with van der Waals surface area (Å²) in [5.41, 5.74) is 3.29. The number of hydrogen-bond donors (Lipinski definition) is 1. The van der Waals surface area contributed by atoms with Gasteiger partial charge in [-0.2, -0.15) is 0 Å². The van der Waals surface area contributed by atoms with Crippen LogP contribution in [0.2, 0.25) is 0 Å². The number of methoxy groups -OCH3 is 4. The van der Waals surface area contributed by atoms with Crippen LogP contribution in [-0.4, -0.2) is 53.1 Å². The van der Waals surface area contributed by atoms with Gasteiger partial charge >= 0.3 is 0 Å². The summed E-state index contributed by atoms with van der Waals surface area (Å²) in [6.07, 6.45) is 1.43. The largest absolute Gasteiger partial charge is 0.493 e. The number of carbonyl (C=O) groups excluding carboxylic acids is 1. The molecule has 0 fully saturated rings. The summed E-state index contributed by atoms with van der Waals surface area (Å²) in [5, 5.41) is 2.96. The van der Waals surface area contributed by atoms with E-state index in [2.05, 4.69) is 10.3 Å². The summed E-state index contributed by atoms with van der Waals surface area (Å²) in [7, 11) is 6.38. The molecule has 1 aliphatic heterocycles. The molecule has 0 saturated carbocycles. The predicted molar refractivity (Wildman–Crippen MR) is 111 cm³/mol. The van der Waals surface area contributed by atoms with Crippen LogP contribution in [0.3, 0.4) is 0 Å². The fourth-order valence-corrected chi connectivity index (χ4v) is 3.36. The number of nitrogens with zero attached hydrogens (tertiary/aromatic N) is 1. The van der Waals surface area contributed by atoms with E-state index in [-0.39, 0.29) is 5.91 Å². The lowest BCUT2D eigenvalue weighted by atomic mass is 9.96. The van der Waals surface area contributed by atoms with E-state index in [1.807, 2.05) is 30.3 Å². The summed E-state index contributed by atoms with van der Waals surface area (Å²) in [5.74, 6) is 2.39. The van der Waals surface area contributed by atoms with Crippen molar-refractivity contribution in [2.45, 2.75) is 12.8 Å². The van der Waals surface area contributed by atoms with E-state index >= 15 is 0 Å². The van der Waals surface area contributed by atoms with Gasteiger partial charge in [0.05, 0.1) is 28.4 Å². The molecule has 1 N–H and O–H groups in total. The number of rotatable bonds is 8. The lowest BCUT2D eigenvalue weighted by Crippen LogP contribution is -2.35. The SMILES string of the molecule is COc1ccc(CCNC(=O)C2=NCCc3cc(OC)c(OC)cc32)cc1OC. The minimum Gasteiger partial charge on any atom is -0.493 e. The van der Waals surface area contributed by atoms with Crippen LogP contribution >= 0.6 is 0 Å². The molecule has 29 heavy (non-hydrogen) atoms. The molecule has 1 heterocycles. The Labute approximate surface area is 170 Å². The number of fused-ring (bicyclic) bond motifs is 1. The lowest BCUT2D eigenvalue weighted by molar-refractivity contribution is -0.114. The van der Waals surface area contributed by atoms with E-state index in [1.165, 1.54) is 0 Å². The Balaban J connectivity index is 1.69. The number of amides is 1. The van der Waals surface area contributed by atoms with Crippen molar-refractivity contribution < 1.29 is 23.7 Å². The first kappa shape index (κ1) is 20.5. The molecule has 1 amide bonds. The minimum atomic E-state index is -0.196. The van der Waals surface area contributed by atoms with Gasteiger partial charge in [0, 0.05) is 18.7 Å². The summed E-state index contributed by atoms with van der Waals surface area (Å²) >= 11 is 0. The van der Waals surface area contributed by atoms with Crippen molar-refractivity contribution in [2.24, 2.45) is 4.99 Å². The molecule has 0 bridgehead atoms. The van der Waals surface area contributed by atoms with Gasteiger partial charge in [-0.3, -0.25) is 9.79 Å². The Hall–Kier alpha value is -3.22. The number of hydrogen-bond acceptors (Lipinski definition) is 6. The molecule has 0 saturated heterocycles. The zero-order valence-electron chi connectivity index (χ0n) is 17.2. The first-order valence-corrected chi connectivity index (χ1v) is 9.40. The average Bonchev–Trinajstić information content (AvgIpc) is 2.77. The molecule has 0 unspecified atom stereocenters. The smallest absolute Gasteiger partial charge is 0.270 e. The molecule has 7 nitrogen and oxygen atoms in total. The van der Waals surface area contributed by atoms with Crippen LogP contribution in [0.5, 0.6) is 23.0 Å². The third-order valence-electron chi connectivity index (χ3n) is 4.88. The van der Waals surface area contributed by atoms with Crippen molar-refractivity contribution in [3.8, 4) is 23.0 Å². The van der Waals surface area contributed by atoms with Gasteiger partial charge in [-0.15, -0.1) is 0 Å². The van der Waals surface area contributed by atoms with Crippen molar-refractivity contribution in [1.29, 1.82) is 0 Å². The van der Waals surface area contributed by atoms with Crippen molar-refractivity contribution >= 4 is 11.6 Å². The van der Waals surface area contributed by atoms with E-state index < -0.39 is 0 Å². The van der Waals surface area contributed by atoms with E-state index in [1.54, 1.807) is 28.4 Å². The Morgan fingerprint density at radius 3 is 2.28 bits per heavy atom. The molecule has 0 aromatic heterocycles. The predicted octanol–water partition coefficient (Wildman–Crippen LogP) is 2.43. The van der Waals surface area contributed by atoms with Gasteiger partial charge in [0.2, 0.25) is 0 Å². The monoisotopic (exact) mass is 398 g/mol. The summed E-state index contributed by atoms with van der Waals surface area (Å²) in [6.45, 7) is 1.05. The quantitative estimate of drug-likeness (QED) is 0.739. The van der Waals surface area contributed by atoms with Crippen molar-refractivity contribution in [3.63, 3.8) is 0 Å². The molecule has 0 aliphatic carbocycles. The van der Waals surface area contributed by atoms with E-state index in [0.29, 0.717) is 48.2 Å². The first-order valence-electron chi connectivity index (χ1n) is 9.40. The van der Waals surface area contributed by atoms with E-state index in [0.717, 1.165) is 23.1 Å². The third kappa shape index (κ3) is 4.45. The first-order chi connectivity index (χ1) is 14.1. The summed E-state index contributed by atoms with van der Waals surface area (Å²) in [4.78, 5) is 17.2. The molecule has 7 heteroatoms. The molecular weight excluding hydrogens is 372 g/mol. The van der Waals surface area contributed by atoms with Crippen LogP contribution in [0.1, 0.15) is 16.7 Å². The van der Waals surface area contributed by atoms with Gasteiger partial charge < -0.3 is 24.3 Å². The average molecular weight is 398 g/mol.